The number of hydrogen-bond acceptors (Lipinski definition) is 6. The molecule has 8 heteroatoms. The van der Waals surface area contributed by atoms with Gasteiger partial charge >= 0.3 is 5.97 Å². The van der Waals surface area contributed by atoms with Crippen molar-refractivity contribution >= 4 is 29.9 Å². The van der Waals surface area contributed by atoms with Gasteiger partial charge in [0.1, 0.15) is 0 Å². The minimum absolute atomic E-state index is 0.0897. The van der Waals surface area contributed by atoms with Gasteiger partial charge in [0, 0.05) is 5.69 Å². The van der Waals surface area contributed by atoms with Gasteiger partial charge in [-0.15, -0.1) is 13.1 Å². The number of anilines is 2. The van der Waals surface area contributed by atoms with Crippen molar-refractivity contribution in [3.05, 3.63) is 34.1 Å². The van der Waals surface area contributed by atoms with Crippen molar-refractivity contribution in [3.8, 4) is 0 Å². The fourth-order valence-corrected chi connectivity index (χ4v) is 4.04. The minimum Gasteiger partial charge on any atom is -0.460 e. The number of rotatable bonds is 5. The van der Waals surface area contributed by atoms with E-state index < -0.39 is 5.97 Å². The summed E-state index contributed by atoms with van der Waals surface area (Å²) in [6.07, 6.45) is 6.43. The van der Waals surface area contributed by atoms with E-state index in [2.05, 4.69) is 21.5 Å². The van der Waals surface area contributed by atoms with Crippen molar-refractivity contribution in [2.45, 2.75) is 45.4 Å². The first-order chi connectivity index (χ1) is 12.2. The average molecular weight is 362 g/mol. The first-order valence-electron chi connectivity index (χ1n) is 8.58. The molecular weight excluding hydrogens is 343 g/mol. The van der Waals surface area contributed by atoms with E-state index in [1.54, 1.807) is 6.92 Å². The van der Waals surface area contributed by atoms with E-state index in [1.165, 1.54) is 22.3 Å². The standard InChI is InChI=1S/C17H19FN4O2S/c1-2-24-16(23)15-20-17(22(21-15)25-18)19-14-12-7-3-5-10(12)9-11-6-4-8-13(11)14/h9H,2-8H2,1H3,(H,19,20,21). The highest BCUT2D eigenvalue weighted by Crippen LogP contribution is 2.40. The molecule has 2 aliphatic rings. The van der Waals surface area contributed by atoms with Crippen LogP contribution in [0.4, 0.5) is 15.5 Å². The molecule has 1 aromatic carbocycles. The van der Waals surface area contributed by atoms with Crippen LogP contribution in [0.15, 0.2) is 6.07 Å². The molecule has 0 radical (unpaired) electrons. The molecule has 0 unspecified atom stereocenters. The van der Waals surface area contributed by atoms with E-state index in [0.717, 1.165) is 48.3 Å². The highest BCUT2D eigenvalue weighted by atomic mass is 32.2. The number of nitrogens with zero attached hydrogens (tertiary/aromatic N) is 3. The van der Waals surface area contributed by atoms with Crippen molar-refractivity contribution in [2.24, 2.45) is 0 Å². The summed E-state index contributed by atoms with van der Waals surface area (Å²) >= 11 is -0.0897. The van der Waals surface area contributed by atoms with E-state index in [0.29, 0.717) is 0 Å². The van der Waals surface area contributed by atoms with E-state index >= 15 is 0 Å². The molecule has 0 spiro atoms. The number of nitrogens with one attached hydrogen (secondary N) is 1. The van der Waals surface area contributed by atoms with E-state index in [9.17, 15) is 8.68 Å². The van der Waals surface area contributed by atoms with Crippen LogP contribution in [0.5, 0.6) is 0 Å². The second-order valence-electron chi connectivity index (χ2n) is 6.28. The molecule has 0 aliphatic heterocycles. The van der Waals surface area contributed by atoms with E-state index in [-0.39, 0.29) is 30.7 Å². The molecule has 1 aromatic heterocycles. The van der Waals surface area contributed by atoms with Gasteiger partial charge in [0.05, 0.1) is 6.61 Å². The summed E-state index contributed by atoms with van der Waals surface area (Å²) in [6.45, 7) is 1.92. The normalized spacial score (nSPS) is 15.1. The summed E-state index contributed by atoms with van der Waals surface area (Å²) in [5.41, 5.74) is 6.34. The van der Waals surface area contributed by atoms with Gasteiger partial charge < -0.3 is 10.1 Å². The number of fused-ring (bicyclic) bond motifs is 2. The molecule has 0 bridgehead atoms. The number of ether oxygens (including phenoxy) is 1. The third kappa shape index (κ3) is 2.88. The monoisotopic (exact) mass is 362 g/mol. The lowest BCUT2D eigenvalue weighted by Crippen LogP contribution is -2.07. The van der Waals surface area contributed by atoms with Crippen molar-refractivity contribution in [2.75, 3.05) is 11.9 Å². The lowest BCUT2D eigenvalue weighted by Gasteiger charge is -2.16. The summed E-state index contributed by atoms with van der Waals surface area (Å²) < 4.78 is 19.2. The van der Waals surface area contributed by atoms with Crippen LogP contribution >= 0.6 is 12.3 Å². The Balaban J connectivity index is 1.73. The molecule has 0 saturated carbocycles. The molecule has 132 valence electrons. The Hall–Kier alpha value is -2.09. The molecule has 6 nitrogen and oxygen atoms in total. The van der Waals surface area contributed by atoms with Crippen molar-refractivity contribution in [1.29, 1.82) is 0 Å². The smallest absolute Gasteiger partial charge is 0.378 e. The van der Waals surface area contributed by atoms with Crippen LogP contribution in [0.25, 0.3) is 0 Å². The van der Waals surface area contributed by atoms with Crippen LogP contribution in [0.2, 0.25) is 0 Å². The summed E-state index contributed by atoms with van der Waals surface area (Å²) in [6, 6.07) is 2.33. The van der Waals surface area contributed by atoms with Gasteiger partial charge in [-0.2, -0.15) is 4.98 Å². The Labute approximate surface area is 149 Å². The number of carbonyl (C=O) groups excluding carboxylic acids is 1. The Morgan fingerprint density at radius 2 is 1.96 bits per heavy atom. The number of hydrogen-bond donors (Lipinski definition) is 1. The third-order valence-corrected chi connectivity index (χ3v) is 5.20. The van der Waals surface area contributed by atoms with Crippen LogP contribution in [-0.4, -0.2) is 26.7 Å². The second-order valence-corrected chi connectivity index (χ2v) is 6.76. The average Bonchev–Trinajstić information content (AvgIpc) is 3.33. The van der Waals surface area contributed by atoms with Crippen molar-refractivity contribution < 1.29 is 13.4 Å². The van der Waals surface area contributed by atoms with E-state index in [4.69, 9.17) is 4.74 Å². The van der Waals surface area contributed by atoms with Gasteiger partial charge in [-0.05, 0) is 67.7 Å². The van der Waals surface area contributed by atoms with Crippen LogP contribution in [0.1, 0.15) is 52.6 Å². The number of benzene rings is 1. The zero-order valence-electron chi connectivity index (χ0n) is 14.0. The van der Waals surface area contributed by atoms with Crippen LogP contribution in [-0.2, 0) is 30.4 Å². The second kappa shape index (κ2) is 6.67. The predicted molar refractivity (Wildman–Crippen MR) is 93.9 cm³/mol. The lowest BCUT2D eigenvalue weighted by molar-refractivity contribution is 0.0512. The number of aromatic nitrogens is 3. The number of esters is 1. The molecule has 0 fully saturated rings. The van der Waals surface area contributed by atoms with E-state index in [1.807, 2.05) is 0 Å². The predicted octanol–water partition coefficient (Wildman–Crippen LogP) is 3.56. The summed E-state index contributed by atoms with van der Waals surface area (Å²) in [7, 11) is 0. The quantitative estimate of drug-likeness (QED) is 0.820. The first-order valence-corrected chi connectivity index (χ1v) is 9.25. The molecule has 0 amide bonds. The van der Waals surface area contributed by atoms with Gasteiger partial charge in [0.2, 0.25) is 5.95 Å². The molecule has 4 rings (SSSR count). The molecule has 0 atom stereocenters. The van der Waals surface area contributed by atoms with Gasteiger partial charge in [-0.1, -0.05) is 6.07 Å². The summed E-state index contributed by atoms with van der Waals surface area (Å²) in [5, 5.41) is 7.15. The molecular formula is C17H19FN4O2S. The zero-order valence-corrected chi connectivity index (χ0v) is 14.8. The van der Waals surface area contributed by atoms with Gasteiger partial charge in [0.15, 0.2) is 12.3 Å². The Kier molecular flexibility index (Phi) is 4.37. The fourth-order valence-electron chi connectivity index (χ4n) is 3.78. The highest BCUT2D eigenvalue weighted by molar-refractivity contribution is 7.92. The molecule has 25 heavy (non-hydrogen) atoms. The van der Waals surface area contributed by atoms with Crippen molar-refractivity contribution in [3.63, 3.8) is 0 Å². The largest absolute Gasteiger partial charge is 0.460 e. The maximum Gasteiger partial charge on any atom is 0.378 e. The van der Waals surface area contributed by atoms with Gasteiger partial charge in [-0.25, -0.2) is 4.79 Å². The Bertz CT molecular complexity index is 804. The Morgan fingerprint density at radius 1 is 1.28 bits per heavy atom. The number of aryl methyl sites for hydroxylation is 2. The Morgan fingerprint density at radius 3 is 2.56 bits per heavy atom. The molecule has 2 aromatic rings. The maximum atomic E-state index is 13.3. The van der Waals surface area contributed by atoms with Crippen LogP contribution in [0.3, 0.4) is 0 Å². The summed E-state index contributed by atoms with van der Waals surface area (Å²) in [4.78, 5) is 16.0. The van der Waals surface area contributed by atoms with Gasteiger partial charge in [0.25, 0.3) is 5.82 Å². The lowest BCUT2D eigenvalue weighted by atomic mass is 9.99. The zero-order chi connectivity index (χ0) is 17.4. The maximum absolute atomic E-state index is 13.3. The minimum atomic E-state index is -0.651. The highest BCUT2D eigenvalue weighted by Gasteiger charge is 2.26. The first kappa shape index (κ1) is 16.4. The third-order valence-electron chi connectivity index (χ3n) is 4.81. The fraction of sp³-hybridized carbons (Fsp3) is 0.471. The van der Waals surface area contributed by atoms with Crippen LogP contribution in [0, 0.1) is 0 Å². The SMILES string of the molecule is CCOC(=O)c1nc(Nc2c3c(cc4c2CCC4)CCC3)n(SF)n1. The number of halogens is 1. The van der Waals surface area contributed by atoms with Gasteiger partial charge in [-0.3, -0.25) is 0 Å². The molecule has 1 N–H and O–H groups in total. The molecule has 1 heterocycles. The molecule has 0 saturated heterocycles. The van der Waals surface area contributed by atoms with Crippen LogP contribution < -0.4 is 5.32 Å². The molecule has 2 aliphatic carbocycles. The number of carbonyl (C=O) groups is 1. The van der Waals surface area contributed by atoms with Crippen molar-refractivity contribution in [1.82, 2.24) is 14.2 Å². The summed E-state index contributed by atoms with van der Waals surface area (Å²) in [5.74, 6) is -0.578. The topological polar surface area (TPSA) is 69.0 Å².